The van der Waals surface area contributed by atoms with Crippen LogP contribution in [0.15, 0.2) is 35.8 Å². The first-order valence-corrected chi connectivity index (χ1v) is 8.64. The molecule has 3 aromatic heterocycles. The van der Waals surface area contributed by atoms with Crippen LogP contribution < -0.4 is 9.80 Å². The fourth-order valence-electron chi connectivity index (χ4n) is 2.88. The normalized spacial score (nSPS) is 15.8. The minimum Gasteiger partial charge on any atom is -0.353 e. The molecule has 1 aliphatic heterocycles. The van der Waals surface area contributed by atoms with E-state index in [1.165, 1.54) is 11.3 Å². The van der Waals surface area contributed by atoms with Gasteiger partial charge in [0.05, 0.1) is 10.2 Å². The van der Waals surface area contributed by atoms with Crippen LogP contribution in [-0.4, -0.2) is 41.1 Å². The Labute approximate surface area is 145 Å². The number of thiophene rings is 1. The fourth-order valence-corrected chi connectivity index (χ4v) is 3.72. The van der Waals surface area contributed by atoms with Gasteiger partial charge in [0.25, 0.3) is 0 Å². The Bertz CT molecular complexity index is 872. The van der Waals surface area contributed by atoms with E-state index < -0.39 is 12.0 Å². The molecule has 9 heteroatoms. The molecule has 0 amide bonds. The molecule has 0 unspecified atom stereocenters. The molecule has 0 aromatic carbocycles. The molecule has 1 saturated heterocycles. The van der Waals surface area contributed by atoms with E-state index in [1.54, 1.807) is 17.6 Å². The Morgan fingerprint density at radius 3 is 2.40 bits per heavy atom. The van der Waals surface area contributed by atoms with Gasteiger partial charge >= 0.3 is 6.18 Å². The van der Waals surface area contributed by atoms with E-state index in [9.17, 15) is 13.2 Å². The first kappa shape index (κ1) is 16.1. The molecule has 25 heavy (non-hydrogen) atoms. The van der Waals surface area contributed by atoms with E-state index >= 15 is 0 Å². The summed E-state index contributed by atoms with van der Waals surface area (Å²) in [5.74, 6) is 0.163. The second-order valence-corrected chi connectivity index (χ2v) is 6.58. The topological polar surface area (TPSA) is 45.2 Å². The Kier molecular flexibility index (Phi) is 3.95. The second-order valence-electron chi connectivity index (χ2n) is 5.67. The lowest BCUT2D eigenvalue weighted by Crippen LogP contribution is -2.47. The predicted molar refractivity (Wildman–Crippen MR) is 91.1 cm³/mol. The highest BCUT2D eigenvalue weighted by molar-refractivity contribution is 7.17. The smallest absolute Gasteiger partial charge is 0.353 e. The molecular formula is C16H14F3N5S. The number of halogens is 3. The molecule has 3 aromatic rings. The summed E-state index contributed by atoms with van der Waals surface area (Å²) in [4.78, 5) is 15.8. The molecule has 0 N–H and O–H groups in total. The summed E-state index contributed by atoms with van der Waals surface area (Å²) in [6.45, 7) is 2.51. The first-order valence-electron chi connectivity index (χ1n) is 7.76. The molecule has 0 radical (unpaired) electrons. The zero-order valence-corrected chi connectivity index (χ0v) is 13.9. The average Bonchev–Trinajstić information content (AvgIpc) is 3.10. The van der Waals surface area contributed by atoms with E-state index in [-0.39, 0.29) is 0 Å². The van der Waals surface area contributed by atoms with Crippen molar-refractivity contribution in [2.75, 3.05) is 36.0 Å². The molecule has 5 nitrogen and oxygen atoms in total. The first-order chi connectivity index (χ1) is 12.0. The maximum atomic E-state index is 13.1. The number of hydrogen-bond acceptors (Lipinski definition) is 6. The summed E-state index contributed by atoms with van der Waals surface area (Å²) in [5.41, 5.74) is 0.342. The number of piperazine rings is 1. The number of rotatable bonds is 2. The monoisotopic (exact) mass is 365 g/mol. The molecule has 130 valence electrons. The van der Waals surface area contributed by atoms with Gasteiger partial charge in [-0.2, -0.15) is 13.2 Å². The van der Waals surface area contributed by atoms with Crippen molar-refractivity contribution in [3.05, 3.63) is 41.7 Å². The van der Waals surface area contributed by atoms with E-state index in [0.29, 0.717) is 42.2 Å². The number of alkyl halides is 3. The van der Waals surface area contributed by atoms with Gasteiger partial charge in [0.15, 0.2) is 5.82 Å². The third kappa shape index (κ3) is 3.11. The molecule has 0 atom stereocenters. The van der Waals surface area contributed by atoms with Crippen LogP contribution in [0.25, 0.3) is 10.2 Å². The lowest BCUT2D eigenvalue weighted by molar-refractivity contribution is -0.144. The van der Waals surface area contributed by atoms with E-state index in [1.807, 2.05) is 23.1 Å². The lowest BCUT2D eigenvalue weighted by atomic mass is 10.3. The van der Waals surface area contributed by atoms with Gasteiger partial charge < -0.3 is 9.80 Å². The summed E-state index contributed by atoms with van der Waals surface area (Å²) in [7, 11) is 0. The van der Waals surface area contributed by atoms with Crippen LogP contribution in [0.5, 0.6) is 0 Å². The molecular weight excluding hydrogens is 351 g/mol. The number of fused-ring (bicyclic) bond motifs is 1. The summed E-state index contributed by atoms with van der Waals surface area (Å²) in [6, 6.07) is 7.31. The van der Waals surface area contributed by atoms with Crippen LogP contribution in [0.3, 0.4) is 0 Å². The fraction of sp³-hybridized carbons (Fsp3) is 0.312. The molecule has 0 saturated carbocycles. The minimum absolute atomic E-state index is 0.342. The Morgan fingerprint density at radius 2 is 1.72 bits per heavy atom. The summed E-state index contributed by atoms with van der Waals surface area (Å²) in [5, 5.41) is 1.74. The van der Waals surface area contributed by atoms with Gasteiger partial charge in [0.2, 0.25) is 5.82 Å². The summed E-state index contributed by atoms with van der Waals surface area (Å²) < 4.78 is 40.0. The third-order valence-electron chi connectivity index (χ3n) is 4.09. The molecule has 0 spiro atoms. The van der Waals surface area contributed by atoms with Gasteiger partial charge in [-0.15, -0.1) is 11.3 Å². The highest BCUT2D eigenvalue weighted by Gasteiger charge is 2.36. The predicted octanol–water partition coefficient (Wildman–Crippen LogP) is 3.43. The zero-order chi connectivity index (χ0) is 17.4. The van der Waals surface area contributed by atoms with E-state index in [4.69, 9.17) is 0 Å². The maximum absolute atomic E-state index is 13.1. The highest BCUT2D eigenvalue weighted by Crippen LogP contribution is 2.34. The van der Waals surface area contributed by atoms with Crippen LogP contribution in [0.2, 0.25) is 0 Å². The Balaban J connectivity index is 1.61. The highest BCUT2D eigenvalue weighted by atomic mass is 32.1. The number of aromatic nitrogens is 3. The standard InChI is InChI=1S/C16H14F3N5S/c17-16(18,19)15-21-11-4-10-25-13(11)14(22-15)24-8-6-23(7-9-24)12-3-1-2-5-20-12/h1-5,10H,6-9H2. The van der Waals surface area contributed by atoms with Crippen molar-refractivity contribution in [1.29, 1.82) is 0 Å². The van der Waals surface area contributed by atoms with Crippen LogP contribution in [-0.2, 0) is 6.18 Å². The van der Waals surface area contributed by atoms with Crippen LogP contribution >= 0.6 is 11.3 Å². The lowest BCUT2D eigenvalue weighted by Gasteiger charge is -2.36. The van der Waals surface area contributed by atoms with E-state index in [0.717, 1.165) is 5.82 Å². The zero-order valence-electron chi connectivity index (χ0n) is 13.1. The number of pyridine rings is 1. The number of hydrogen-bond donors (Lipinski definition) is 0. The van der Waals surface area contributed by atoms with Crippen LogP contribution in [0.4, 0.5) is 24.8 Å². The molecule has 1 fully saturated rings. The summed E-state index contributed by atoms with van der Waals surface area (Å²) >= 11 is 1.36. The Hall–Kier alpha value is -2.42. The van der Waals surface area contributed by atoms with Crippen molar-refractivity contribution < 1.29 is 13.2 Å². The van der Waals surface area contributed by atoms with Gasteiger partial charge in [-0.05, 0) is 23.6 Å². The molecule has 4 heterocycles. The van der Waals surface area contributed by atoms with Crippen molar-refractivity contribution in [2.24, 2.45) is 0 Å². The van der Waals surface area contributed by atoms with E-state index in [2.05, 4.69) is 19.9 Å². The molecule has 1 aliphatic rings. The molecule has 0 bridgehead atoms. The summed E-state index contributed by atoms with van der Waals surface area (Å²) in [6.07, 6.45) is -2.82. The average molecular weight is 365 g/mol. The van der Waals surface area contributed by atoms with Crippen molar-refractivity contribution in [2.45, 2.75) is 6.18 Å². The molecule has 0 aliphatic carbocycles. The number of nitrogens with zero attached hydrogens (tertiary/aromatic N) is 5. The van der Waals surface area contributed by atoms with Gasteiger partial charge in [-0.3, -0.25) is 0 Å². The molecule has 4 rings (SSSR count). The van der Waals surface area contributed by atoms with Crippen LogP contribution in [0, 0.1) is 0 Å². The van der Waals surface area contributed by atoms with Crippen molar-refractivity contribution in [3.8, 4) is 0 Å². The van der Waals surface area contributed by atoms with Crippen molar-refractivity contribution in [1.82, 2.24) is 15.0 Å². The van der Waals surface area contributed by atoms with Gasteiger partial charge in [0.1, 0.15) is 5.82 Å². The SMILES string of the molecule is FC(F)(F)c1nc(N2CCN(c3ccccn3)CC2)c2sccc2n1. The van der Waals surface area contributed by atoms with Gasteiger partial charge in [-0.25, -0.2) is 15.0 Å². The maximum Gasteiger partial charge on any atom is 0.451 e. The minimum atomic E-state index is -4.55. The third-order valence-corrected chi connectivity index (χ3v) is 4.99. The number of anilines is 2. The van der Waals surface area contributed by atoms with Crippen molar-refractivity contribution in [3.63, 3.8) is 0 Å². The largest absolute Gasteiger partial charge is 0.451 e. The second kappa shape index (κ2) is 6.14. The van der Waals surface area contributed by atoms with Crippen molar-refractivity contribution >= 4 is 33.2 Å². The van der Waals surface area contributed by atoms with Crippen LogP contribution in [0.1, 0.15) is 5.82 Å². The quantitative estimate of drug-likeness (QED) is 0.696. The van der Waals surface area contributed by atoms with Gasteiger partial charge in [0, 0.05) is 32.4 Å². The van der Waals surface area contributed by atoms with Gasteiger partial charge in [-0.1, -0.05) is 6.07 Å². The Morgan fingerprint density at radius 1 is 0.960 bits per heavy atom.